The van der Waals surface area contributed by atoms with Crippen LogP contribution in [0.25, 0.3) is 0 Å². The van der Waals surface area contributed by atoms with E-state index in [9.17, 15) is 0 Å². The maximum absolute atomic E-state index is 4.58. The minimum atomic E-state index is 0.763. The molecule has 1 heterocycles. The summed E-state index contributed by atoms with van der Waals surface area (Å²) in [6.07, 6.45) is 3.76. The number of aromatic nitrogens is 2. The smallest absolute Gasteiger partial charge is 0.121 e. The van der Waals surface area contributed by atoms with Crippen molar-refractivity contribution < 1.29 is 4.63 Å². The molecule has 0 saturated heterocycles. The third-order valence-electron chi connectivity index (χ3n) is 2.00. The van der Waals surface area contributed by atoms with E-state index in [0.717, 1.165) is 24.5 Å². The summed E-state index contributed by atoms with van der Waals surface area (Å²) in [5, 5.41) is 10.8. The van der Waals surface area contributed by atoms with Crippen LogP contribution < -0.4 is 5.32 Å². The van der Waals surface area contributed by atoms with Crippen LogP contribution in [0.3, 0.4) is 0 Å². The summed E-state index contributed by atoms with van der Waals surface area (Å²) in [7, 11) is 0. The van der Waals surface area contributed by atoms with Crippen LogP contribution in [-0.2, 0) is 6.54 Å². The standard InChI is InChI=1S/C9H17N3O/c1-3-4-5-6-10-7-9-8(2)11-13-12-9/h10H,3-7H2,1-2H3. The lowest BCUT2D eigenvalue weighted by molar-refractivity contribution is 0.300. The zero-order valence-electron chi connectivity index (χ0n) is 8.34. The Bertz CT molecular complexity index is 235. The minimum absolute atomic E-state index is 0.763. The molecule has 0 aliphatic rings. The maximum atomic E-state index is 4.58. The molecule has 0 aliphatic carbocycles. The Kier molecular flexibility index (Phi) is 4.46. The number of unbranched alkanes of at least 4 members (excludes halogenated alkanes) is 2. The van der Waals surface area contributed by atoms with Gasteiger partial charge in [0.05, 0.1) is 0 Å². The highest BCUT2D eigenvalue weighted by atomic mass is 16.6. The Morgan fingerprint density at radius 3 is 2.77 bits per heavy atom. The van der Waals surface area contributed by atoms with Crippen molar-refractivity contribution in [2.75, 3.05) is 6.54 Å². The summed E-state index contributed by atoms with van der Waals surface area (Å²) in [5.41, 5.74) is 1.79. The molecular formula is C9H17N3O. The monoisotopic (exact) mass is 183 g/mol. The molecule has 0 aliphatic heterocycles. The van der Waals surface area contributed by atoms with Crippen molar-refractivity contribution in [2.24, 2.45) is 0 Å². The van der Waals surface area contributed by atoms with Crippen LogP contribution in [0, 0.1) is 6.92 Å². The highest BCUT2D eigenvalue weighted by molar-refractivity contribution is 5.03. The first kappa shape index (κ1) is 10.2. The average molecular weight is 183 g/mol. The van der Waals surface area contributed by atoms with Gasteiger partial charge in [0.2, 0.25) is 0 Å². The van der Waals surface area contributed by atoms with Gasteiger partial charge in [0.25, 0.3) is 0 Å². The lowest BCUT2D eigenvalue weighted by atomic mass is 10.2. The molecule has 0 aromatic carbocycles. The van der Waals surface area contributed by atoms with E-state index in [1.165, 1.54) is 19.3 Å². The summed E-state index contributed by atoms with van der Waals surface area (Å²) >= 11 is 0. The summed E-state index contributed by atoms with van der Waals surface area (Å²) < 4.78 is 4.58. The molecule has 0 spiro atoms. The van der Waals surface area contributed by atoms with Crippen LogP contribution in [0.15, 0.2) is 4.63 Å². The summed E-state index contributed by atoms with van der Waals surface area (Å²) in [5.74, 6) is 0. The molecule has 1 aromatic heterocycles. The lowest BCUT2D eigenvalue weighted by Crippen LogP contribution is -2.15. The van der Waals surface area contributed by atoms with Crippen molar-refractivity contribution >= 4 is 0 Å². The molecule has 0 saturated carbocycles. The topological polar surface area (TPSA) is 51.0 Å². The van der Waals surface area contributed by atoms with Crippen molar-refractivity contribution in [3.63, 3.8) is 0 Å². The second kappa shape index (κ2) is 5.70. The number of nitrogens with zero attached hydrogens (tertiary/aromatic N) is 2. The third kappa shape index (κ3) is 3.55. The predicted molar refractivity (Wildman–Crippen MR) is 50.3 cm³/mol. The molecule has 0 fully saturated rings. The quantitative estimate of drug-likeness (QED) is 0.681. The molecule has 0 radical (unpaired) electrons. The number of hydrogen-bond acceptors (Lipinski definition) is 4. The van der Waals surface area contributed by atoms with Gasteiger partial charge in [-0.1, -0.05) is 30.1 Å². The van der Waals surface area contributed by atoms with E-state index >= 15 is 0 Å². The summed E-state index contributed by atoms with van der Waals surface area (Å²) in [6, 6.07) is 0. The van der Waals surface area contributed by atoms with Crippen LogP contribution in [0.4, 0.5) is 0 Å². The van der Waals surface area contributed by atoms with Crippen LogP contribution in [-0.4, -0.2) is 16.9 Å². The molecule has 0 atom stereocenters. The van der Waals surface area contributed by atoms with Crippen LogP contribution in [0.2, 0.25) is 0 Å². The van der Waals surface area contributed by atoms with Crippen molar-refractivity contribution in [2.45, 2.75) is 39.7 Å². The average Bonchev–Trinajstić information content (AvgIpc) is 2.52. The summed E-state index contributed by atoms with van der Waals surface area (Å²) in [6.45, 7) is 5.91. The molecule has 4 heteroatoms. The Morgan fingerprint density at radius 1 is 1.31 bits per heavy atom. The third-order valence-corrected chi connectivity index (χ3v) is 2.00. The normalized spacial score (nSPS) is 10.6. The molecule has 0 unspecified atom stereocenters. The molecule has 0 amide bonds. The van der Waals surface area contributed by atoms with Crippen LogP contribution in [0.5, 0.6) is 0 Å². The fourth-order valence-electron chi connectivity index (χ4n) is 1.12. The number of hydrogen-bond donors (Lipinski definition) is 1. The second-order valence-electron chi connectivity index (χ2n) is 3.18. The van der Waals surface area contributed by atoms with Gasteiger partial charge in [-0.15, -0.1) is 0 Å². The first-order chi connectivity index (χ1) is 6.34. The zero-order chi connectivity index (χ0) is 9.52. The predicted octanol–water partition coefficient (Wildman–Crippen LogP) is 1.66. The van der Waals surface area contributed by atoms with Gasteiger partial charge >= 0.3 is 0 Å². The SMILES string of the molecule is CCCCCNCc1nonc1C. The zero-order valence-corrected chi connectivity index (χ0v) is 8.34. The van der Waals surface area contributed by atoms with Crippen LogP contribution >= 0.6 is 0 Å². The summed E-state index contributed by atoms with van der Waals surface area (Å²) in [4.78, 5) is 0. The van der Waals surface area contributed by atoms with Crippen molar-refractivity contribution in [1.82, 2.24) is 15.6 Å². The molecule has 1 aromatic rings. The van der Waals surface area contributed by atoms with Crippen molar-refractivity contribution in [1.29, 1.82) is 0 Å². The first-order valence-electron chi connectivity index (χ1n) is 4.83. The highest BCUT2D eigenvalue weighted by Gasteiger charge is 2.02. The largest absolute Gasteiger partial charge is 0.311 e. The maximum Gasteiger partial charge on any atom is 0.121 e. The van der Waals surface area contributed by atoms with E-state index in [1.54, 1.807) is 0 Å². The highest BCUT2D eigenvalue weighted by Crippen LogP contribution is 1.99. The van der Waals surface area contributed by atoms with E-state index in [0.29, 0.717) is 0 Å². The molecule has 1 N–H and O–H groups in total. The molecule has 4 nitrogen and oxygen atoms in total. The van der Waals surface area contributed by atoms with Gasteiger partial charge in [0.15, 0.2) is 0 Å². The van der Waals surface area contributed by atoms with E-state index in [4.69, 9.17) is 0 Å². The van der Waals surface area contributed by atoms with Gasteiger partial charge < -0.3 is 5.32 Å². The van der Waals surface area contributed by atoms with Gasteiger partial charge in [0, 0.05) is 6.54 Å². The van der Waals surface area contributed by atoms with Gasteiger partial charge in [-0.3, -0.25) is 0 Å². The van der Waals surface area contributed by atoms with E-state index in [1.807, 2.05) is 6.92 Å². The van der Waals surface area contributed by atoms with E-state index < -0.39 is 0 Å². The Hall–Kier alpha value is -0.900. The fraction of sp³-hybridized carbons (Fsp3) is 0.778. The van der Waals surface area contributed by atoms with Crippen molar-refractivity contribution in [3.05, 3.63) is 11.4 Å². The Labute approximate surface area is 78.7 Å². The molecule has 0 bridgehead atoms. The van der Waals surface area contributed by atoms with Gasteiger partial charge in [-0.2, -0.15) is 0 Å². The number of aryl methyl sites for hydroxylation is 1. The number of rotatable bonds is 6. The Morgan fingerprint density at radius 2 is 2.15 bits per heavy atom. The second-order valence-corrected chi connectivity index (χ2v) is 3.18. The van der Waals surface area contributed by atoms with Gasteiger partial charge in [-0.05, 0) is 19.9 Å². The first-order valence-corrected chi connectivity index (χ1v) is 4.83. The minimum Gasteiger partial charge on any atom is -0.311 e. The van der Waals surface area contributed by atoms with Crippen LogP contribution in [0.1, 0.15) is 37.6 Å². The van der Waals surface area contributed by atoms with E-state index in [2.05, 4.69) is 27.2 Å². The lowest BCUT2D eigenvalue weighted by Gasteiger charge is -2.00. The van der Waals surface area contributed by atoms with Gasteiger partial charge in [0.1, 0.15) is 11.4 Å². The molecule has 13 heavy (non-hydrogen) atoms. The fourth-order valence-corrected chi connectivity index (χ4v) is 1.12. The van der Waals surface area contributed by atoms with Crippen molar-refractivity contribution in [3.8, 4) is 0 Å². The van der Waals surface area contributed by atoms with E-state index in [-0.39, 0.29) is 0 Å². The molecule has 1 rings (SSSR count). The molecular weight excluding hydrogens is 166 g/mol. The number of nitrogens with one attached hydrogen (secondary N) is 1. The Balaban J connectivity index is 2.10. The van der Waals surface area contributed by atoms with Gasteiger partial charge in [-0.25, -0.2) is 4.63 Å². The molecule has 74 valence electrons.